The van der Waals surface area contributed by atoms with Crippen molar-refractivity contribution in [2.24, 2.45) is 0 Å². The van der Waals surface area contributed by atoms with Gasteiger partial charge in [-0.1, -0.05) is 24.3 Å². The van der Waals surface area contributed by atoms with Gasteiger partial charge in [-0.3, -0.25) is 0 Å². The summed E-state index contributed by atoms with van der Waals surface area (Å²) in [5.74, 6) is 1.95. The van der Waals surface area contributed by atoms with Crippen molar-refractivity contribution in [2.75, 3.05) is 78.9 Å². The maximum atomic E-state index is 6.00. The summed E-state index contributed by atoms with van der Waals surface area (Å²) in [7, 11) is 0. The van der Waals surface area contributed by atoms with Crippen LogP contribution in [0.5, 0.6) is 11.5 Å². The van der Waals surface area contributed by atoms with Crippen molar-refractivity contribution >= 4 is 22.7 Å². The lowest BCUT2D eigenvalue weighted by Gasteiger charge is -2.36. The molecule has 298 valence electrons. The summed E-state index contributed by atoms with van der Waals surface area (Å²) in [6.45, 7) is 14.5. The number of aromatic nitrogens is 2. The van der Waals surface area contributed by atoms with E-state index in [-0.39, 0.29) is 10.8 Å². The van der Waals surface area contributed by atoms with Crippen molar-refractivity contribution in [2.45, 2.75) is 94.8 Å². The lowest BCUT2D eigenvalue weighted by Crippen LogP contribution is -2.35. The molecule has 55 heavy (non-hydrogen) atoms. The fourth-order valence-electron chi connectivity index (χ4n) is 8.73. The average Bonchev–Trinajstić information content (AvgIpc) is 4.09. The van der Waals surface area contributed by atoms with Gasteiger partial charge in [-0.2, -0.15) is 0 Å². The molecule has 4 fully saturated rings. The Kier molecular flexibility index (Phi) is 15.1. The molecular formula is C45H62N4O4S2. The van der Waals surface area contributed by atoms with Gasteiger partial charge in [0.25, 0.3) is 0 Å². The van der Waals surface area contributed by atoms with E-state index in [1.54, 1.807) is 22.7 Å². The number of likely N-dealkylation sites (tertiary alicyclic amines) is 2. The first-order chi connectivity index (χ1) is 27.1. The van der Waals surface area contributed by atoms with Crippen LogP contribution in [0.2, 0.25) is 0 Å². The number of benzene rings is 2. The Morgan fingerprint density at radius 1 is 0.618 bits per heavy atom. The summed E-state index contributed by atoms with van der Waals surface area (Å²) in [5, 5.41) is 6.67. The van der Waals surface area contributed by atoms with Gasteiger partial charge >= 0.3 is 0 Å². The van der Waals surface area contributed by atoms with E-state index in [1.165, 1.54) is 98.9 Å². The Morgan fingerprint density at radius 2 is 1.09 bits per heavy atom. The van der Waals surface area contributed by atoms with Crippen molar-refractivity contribution in [1.29, 1.82) is 0 Å². The van der Waals surface area contributed by atoms with Gasteiger partial charge in [-0.15, -0.1) is 22.7 Å². The van der Waals surface area contributed by atoms with Gasteiger partial charge in [0.2, 0.25) is 0 Å². The third-order valence-corrected chi connectivity index (χ3v) is 14.2. The van der Waals surface area contributed by atoms with Gasteiger partial charge in [-0.25, -0.2) is 9.97 Å². The molecule has 0 spiro atoms. The van der Waals surface area contributed by atoms with Gasteiger partial charge < -0.3 is 28.7 Å². The van der Waals surface area contributed by atoms with Crippen LogP contribution >= 0.6 is 22.7 Å². The highest BCUT2D eigenvalue weighted by Crippen LogP contribution is 2.44. The average molecular weight is 787 g/mol. The predicted molar refractivity (Wildman–Crippen MR) is 224 cm³/mol. The van der Waals surface area contributed by atoms with Crippen LogP contribution in [0.15, 0.2) is 65.5 Å². The zero-order valence-corrected chi connectivity index (χ0v) is 34.7. The van der Waals surface area contributed by atoms with Crippen LogP contribution in [0.3, 0.4) is 0 Å². The first kappa shape index (κ1) is 40.3. The van der Waals surface area contributed by atoms with Crippen LogP contribution in [-0.2, 0) is 20.3 Å². The number of nitrogens with zero attached hydrogens (tertiary/aromatic N) is 4. The predicted octanol–water partition coefficient (Wildman–Crippen LogP) is 9.30. The quantitative estimate of drug-likeness (QED) is 0.104. The number of hydrogen-bond donors (Lipinski definition) is 0. The highest BCUT2D eigenvalue weighted by atomic mass is 32.1. The van der Waals surface area contributed by atoms with Gasteiger partial charge in [0.15, 0.2) is 0 Å². The van der Waals surface area contributed by atoms with Crippen LogP contribution in [0.1, 0.15) is 104 Å². The third kappa shape index (κ3) is 10.8. The van der Waals surface area contributed by atoms with Crippen LogP contribution in [0.4, 0.5) is 0 Å². The van der Waals surface area contributed by atoms with E-state index in [1.807, 2.05) is 6.20 Å². The van der Waals surface area contributed by atoms with Gasteiger partial charge in [0, 0.05) is 49.1 Å². The molecule has 0 saturated carbocycles. The van der Waals surface area contributed by atoms with Crippen LogP contribution in [0.25, 0.3) is 0 Å². The number of unbranched alkanes of at least 4 members (excludes halogenated alkanes) is 2. The molecule has 4 aliphatic rings. The molecule has 8 nitrogen and oxygen atoms in total. The molecule has 0 N–H and O–H groups in total. The maximum absolute atomic E-state index is 6.00. The Hall–Kier alpha value is -2.86. The number of aryl methyl sites for hydroxylation is 1. The van der Waals surface area contributed by atoms with E-state index in [0.717, 1.165) is 95.4 Å². The standard InChI is InChI=1S/C23H32N2O2S.C22H30N2O2S/c1-19-18-28-22(24-19)23(10-16-26-17-11-23)20-6-8-21(9-7-20)27-15-5-4-14-25-12-2-3-13-25;1-2-13-24(12-1)14-3-4-15-26-20-7-5-19(6-8-20)22(9-16-25-17-10-22)21-23-11-18-27-21/h6-9,18H,2-5,10-17H2,1H3;5-8,11,18H,1-4,9-10,12-17H2. The van der Waals surface area contributed by atoms with Crippen molar-refractivity contribution in [3.63, 3.8) is 0 Å². The molecule has 4 aromatic rings. The fourth-order valence-corrected chi connectivity index (χ4v) is 10.7. The van der Waals surface area contributed by atoms with Gasteiger partial charge in [0.05, 0.1) is 24.0 Å². The summed E-state index contributed by atoms with van der Waals surface area (Å²) in [6, 6.07) is 17.4. The smallest absolute Gasteiger partial charge is 0.119 e. The molecule has 0 radical (unpaired) electrons. The summed E-state index contributed by atoms with van der Waals surface area (Å²) >= 11 is 3.54. The topological polar surface area (TPSA) is 69.2 Å². The Morgan fingerprint density at radius 3 is 1.51 bits per heavy atom. The largest absolute Gasteiger partial charge is 0.494 e. The summed E-state index contributed by atoms with van der Waals surface area (Å²) in [4.78, 5) is 14.6. The third-order valence-electron chi connectivity index (χ3n) is 12.0. The molecule has 4 saturated heterocycles. The first-order valence-corrected chi connectivity index (χ1v) is 22.8. The van der Waals surface area contributed by atoms with Gasteiger partial charge in [-0.05, 0) is 159 Å². The van der Waals surface area contributed by atoms with Crippen molar-refractivity contribution in [3.8, 4) is 11.5 Å². The number of thiazole rings is 2. The van der Waals surface area contributed by atoms with Crippen LogP contribution < -0.4 is 9.47 Å². The van der Waals surface area contributed by atoms with E-state index in [4.69, 9.17) is 23.9 Å². The molecule has 0 aliphatic carbocycles. The van der Waals surface area contributed by atoms with E-state index < -0.39 is 0 Å². The zero-order valence-electron chi connectivity index (χ0n) is 33.1. The second-order valence-electron chi connectivity index (χ2n) is 15.8. The summed E-state index contributed by atoms with van der Waals surface area (Å²) in [6.07, 6.45) is 16.1. The van der Waals surface area contributed by atoms with Gasteiger partial charge in [0.1, 0.15) is 21.5 Å². The minimum absolute atomic E-state index is 0.000670. The summed E-state index contributed by atoms with van der Waals surface area (Å²) in [5.41, 5.74) is 3.78. The first-order valence-electron chi connectivity index (χ1n) is 21.0. The second kappa shape index (κ2) is 20.5. The van der Waals surface area contributed by atoms with Crippen LogP contribution in [-0.4, -0.2) is 98.7 Å². The zero-order chi connectivity index (χ0) is 37.6. The number of ether oxygens (including phenoxy) is 4. The molecule has 4 aliphatic heterocycles. The lowest BCUT2D eigenvalue weighted by molar-refractivity contribution is 0.0629. The molecule has 0 unspecified atom stereocenters. The SMILES string of the molecule is Cc1csc(C2(c3ccc(OCCCCN4CCCC4)cc3)CCOCC2)n1.c1csc(C2(c3ccc(OCCCCN4CCCC4)cc3)CCOCC2)n1. The van der Waals surface area contributed by atoms with E-state index in [0.29, 0.717) is 0 Å². The van der Waals surface area contributed by atoms with E-state index in [2.05, 4.69) is 81.0 Å². The second-order valence-corrected chi connectivity index (χ2v) is 17.5. The summed E-state index contributed by atoms with van der Waals surface area (Å²) < 4.78 is 23.3. The molecule has 6 heterocycles. The fraction of sp³-hybridized carbons (Fsp3) is 0.600. The number of rotatable bonds is 16. The van der Waals surface area contributed by atoms with Crippen molar-refractivity contribution in [1.82, 2.24) is 19.8 Å². The minimum Gasteiger partial charge on any atom is -0.494 e. The molecule has 0 amide bonds. The highest BCUT2D eigenvalue weighted by molar-refractivity contribution is 7.10. The molecule has 10 heteroatoms. The molecule has 8 rings (SSSR count). The molecule has 0 bridgehead atoms. The monoisotopic (exact) mass is 786 g/mol. The molecule has 2 aromatic carbocycles. The maximum Gasteiger partial charge on any atom is 0.119 e. The minimum atomic E-state index is -0.00850. The van der Waals surface area contributed by atoms with Crippen molar-refractivity contribution < 1.29 is 18.9 Å². The van der Waals surface area contributed by atoms with E-state index in [9.17, 15) is 0 Å². The van der Waals surface area contributed by atoms with E-state index >= 15 is 0 Å². The van der Waals surface area contributed by atoms with Crippen LogP contribution in [0, 0.1) is 6.92 Å². The normalized spacial score (nSPS) is 19.9. The Labute approximate surface area is 337 Å². The highest BCUT2D eigenvalue weighted by Gasteiger charge is 2.40. The Balaban J connectivity index is 0.000000169. The lowest BCUT2D eigenvalue weighted by atomic mass is 9.74. The molecule has 2 aromatic heterocycles. The molecular weight excluding hydrogens is 725 g/mol. The Bertz CT molecular complexity index is 1660. The van der Waals surface area contributed by atoms with Crippen molar-refractivity contribution in [3.05, 3.63) is 92.3 Å². The number of hydrogen-bond acceptors (Lipinski definition) is 10. The molecule has 0 atom stereocenters.